The second-order valence-electron chi connectivity index (χ2n) is 16.1. The molecule has 12 heteroatoms. The maximum atomic E-state index is 2.21. The van der Waals surface area contributed by atoms with E-state index in [2.05, 4.69) is 364 Å². The maximum Gasteiger partial charge on any atom is 0.357 e. The molecule has 0 heterocycles. The largest absolute Gasteiger partial charge is 1.00 e. The molecule has 0 nitrogen and oxygen atoms in total. The minimum absolute atomic E-state index is 0. The molecule has 12 aromatic carbocycles. The summed E-state index contributed by atoms with van der Waals surface area (Å²) in [5.74, 6) is 0. The molecule has 0 fully saturated rings. The third-order valence-electron chi connectivity index (χ3n) is 10.1. The third kappa shape index (κ3) is 34.9. The highest BCUT2D eigenvalue weighted by atomic mass is 127. The molecule has 0 aromatic heterocycles. The summed E-state index contributed by atoms with van der Waals surface area (Å²) >= 11 is 0.172. The molecule has 0 saturated carbocycles. The normalized spacial score (nSPS) is 9.14. The first kappa shape index (κ1) is 78.8. The number of benzene rings is 12. The van der Waals surface area contributed by atoms with Crippen LogP contribution < -0.4 is 202 Å². The van der Waals surface area contributed by atoms with Crippen molar-refractivity contribution in [3.8, 4) is 0 Å². The molecule has 0 aliphatic rings. The van der Waals surface area contributed by atoms with Crippen LogP contribution in [0, 0.1) is 42.8 Å². The minimum atomic E-state index is 0. The molecule has 0 amide bonds. The quantitative estimate of drug-likeness (QED) is 0.107. The van der Waals surface area contributed by atoms with Gasteiger partial charge in [0.05, 0.1) is 0 Å². The SMILES string of the molecule is [Cl-].[Cl-].[Cl-].[Cl-].[Cl-].[Cl-].c1ccc([I+]c2ccccc2)cc1.c1ccc([I+]c2ccccc2)cc1.c1ccc([I+]c2ccccc2)cc1.c1ccc([I+]c2ccccc2)cc1.c1ccc([I+]c2ccccc2)cc1.c1ccc([I+]c2ccccc2)cc1. The Labute approximate surface area is 599 Å². The number of hydrogen-bond donors (Lipinski definition) is 0. The second kappa shape index (κ2) is 50.7. The van der Waals surface area contributed by atoms with Crippen LogP contribution >= 0.6 is 0 Å². The minimum Gasteiger partial charge on any atom is -1.00 e. The average Bonchev–Trinajstić information content (AvgIpc) is 3.56. The maximum absolute atomic E-state index is 2.21. The number of halogens is 12. The molecular weight excluding hydrogens is 1840 g/mol. The van der Waals surface area contributed by atoms with E-state index >= 15 is 0 Å². The lowest BCUT2D eigenvalue weighted by Crippen LogP contribution is -3.61. The summed E-state index contributed by atoms with van der Waals surface area (Å²) in [5, 5.41) is 0. The first-order valence-corrected chi connectivity index (χ1v) is 38.1. The smallest absolute Gasteiger partial charge is 0.357 e. The summed E-state index contributed by atoms with van der Waals surface area (Å²) in [7, 11) is 0. The van der Waals surface area contributed by atoms with Crippen LogP contribution in [0.25, 0.3) is 0 Å². The number of hydrogen-bond acceptors (Lipinski definition) is 0. The first-order valence-electron chi connectivity index (χ1n) is 25.2. The van der Waals surface area contributed by atoms with Crippen molar-refractivity contribution in [1.29, 1.82) is 0 Å². The van der Waals surface area contributed by atoms with Crippen molar-refractivity contribution in [2.45, 2.75) is 0 Å². The van der Waals surface area contributed by atoms with E-state index in [9.17, 15) is 0 Å². The molecule has 0 aliphatic heterocycles. The predicted octanol–water partition coefficient (Wildman–Crippen LogP) is -19.1. The molecule has 432 valence electrons. The fraction of sp³-hybridized carbons (Fsp3) is 0. The van der Waals surface area contributed by atoms with Crippen LogP contribution in [-0.4, -0.2) is 0 Å². The third-order valence-corrected chi connectivity index (χ3v) is 26.2. The van der Waals surface area contributed by atoms with Gasteiger partial charge < -0.3 is 74.4 Å². The van der Waals surface area contributed by atoms with E-state index in [0.717, 1.165) is 0 Å². The average molecular weight is 1900 g/mol. The molecule has 0 unspecified atom stereocenters. The van der Waals surface area contributed by atoms with E-state index in [1.54, 1.807) is 0 Å². The predicted molar refractivity (Wildman–Crippen MR) is 302 cm³/mol. The summed E-state index contributed by atoms with van der Waals surface area (Å²) in [4.78, 5) is 0. The van der Waals surface area contributed by atoms with Gasteiger partial charge in [0.2, 0.25) is 0 Å². The first-order chi connectivity index (χ1) is 38.7. The lowest BCUT2D eigenvalue weighted by Gasteiger charge is -1.84. The van der Waals surface area contributed by atoms with Gasteiger partial charge in [-0.15, -0.1) is 0 Å². The highest BCUT2D eigenvalue weighted by Gasteiger charge is 2.17. The molecule has 12 rings (SSSR count). The fourth-order valence-electron chi connectivity index (χ4n) is 6.49. The van der Waals surface area contributed by atoms with Gasteiger partial charge in [-0.1, -0.05) is 218 Å². The molecule has 0 radical (unpaired) electrons. The van der Waals surface area contributed by atoms with Crippen molar-refractivity contribution >= 4 is 0 Å². The highest BCUT2D eigenvalue weighted by Crippen LogP contribution is 1.91. The monoisotopic (exact) mass is 1900 g/mol. The van der Waals surface area contributed by atoms with Gasteiger partial charge in [-0.2, -0.15) is 0 Å². The Kier molecular flexibility index (Phi) is 47.6. The fourth-order valence-corrected chi connectivity index (χ4v) is 20.1. The van der Waals surface area contributed by atoms with Crippen molar-refractivity contribution in [3.63, 3.8) is 0 Å². The van der Waals surface area contributed by atoms with Crippen LogP contribution in [0.3, 0.4) is 0 Å². The molecule has 12 aromatic rings. The van der Waals surface area contributed by atoms with E-state index in [1.807, 2.05) is 0 Å². The van der Waals surface area contributed by atoms with Crippen LogP contribution in [0.15, 0.2) is 364 Å². The van der Waals surface area contributed by atoms with Crippen molar-refractivity contribution in [2.24, 2.45) is 0 Å². The van der Waals surface area contributed by atoms with E-state index in [1.165, 1.54) is 42.8 Å². The lowest BCUT2D eigenvalue weighted by atomic mass is 10.4. The number of rotatable bonds is 12. The summed E-state index contributed by atoms with van der Waals surface area (Å²) in [6, 6.07) is 128. The van der Waals surface area contributed by atoms with Crippen LogP contribution in [0.2, 0.25) is 0 Å². The van der Waals surface area contributed by atoms with Gasteiger partial charge in [-0.25, -0.2) is 0 Å². The van der Waals surface area contributed by atoms with Crippen molar-refractivity contribution in [2.75, 3.05) is 0 Å². The van der Waals surface area contributed by atoms with Crippen LogP contribution in [0.4, 0.5) is 0 Å². The lowest BCUT2D eigenvalue weighted by molar-refractivity contribution is -0.597. The van der Waals surface area contributed by atoms with Gasteiger partial charge in [0.1, 0.15) is 0 Å². The van der Waals surface area contributed by atoms with Crippen molar-refractivity contribution in [1.82, 2.24) is 0 Å². The topological polar surface area (TPSA) is 0 Å². The Balaban J connectivity index is 0.000000497. The molecule has 0 bridgehead atoms. The molecule has 0 atom stereocenters. The van der Waals surface area contributed by atoms with Gasteiger partial charge in [0.25, 0.3) is 0 Å². The molecule has 0 aliphatic carbocycles. The Bertz CT molecular complexity index is 2520. The van der Waals surface area contributed by atoms with Crippen molar-refractivity contribution in [3.05, 3.63) is 407 Å². The summed E-state index contributed by atoms with van der Waals surface area (Å²) in [6.45, 7) is 0. The van der Waals surface area contributed by atoms with Crippen LogP contribution in [0.1, 0.15) is 0 Å². The van der Waals surface area contributed by atoms with E-state index < -0.39 is 0 Å². The summed E-state index contributed by atoms with van der Waals surface area (Å²) < 4.78 is 17.8. The van der Waals surface area contributed by atoms with E-state index in [4.69, 9.17) is 0 Å². The summed E-state index contributed by atoms with van der Waals surface area (Å²) in [6.07, 6.45) is 0. The van der Waals surface area contributed by atoms with Crippen LogP contribution in [0.5, 0.6) is 0 Å². The zero-order valence-electron chi connectivity index (χ0n) is 45.2. The Morgan fingerprint density at radius 3 is 0.214 bits per heavy atom. The molecule has 0 N–H and O–H groups in total. The van der Waals surface area contributed by atoms with Gasteiger partial charge in [-0.3, -0.25) is 0 Å². The highest BCUT2D eigenvalue weighted by molar-refractivity contribution is 5.08. The zero-order valence-corrected chi connectivity index (χ0v) is 62.7. The Hall–Kier alpha value is -3.24. The van der Waals surface area contributed by atoms with Gasteiger partial charge in [0, 0.05) is 0 Å². The zero-order chi connectivity index (χ0) is 53.6. The van der Waals surface area contributed by atoms with Gasteiger partial charge >= 0.3 is 127 Å². The Morgan fingerprint density at radius 1 is 0.0952 bits per heavy atom. The Morgan fingerprint density at radius 2 is 0.155 bits per heavy atom. The van der Waals surface area contributed by atoms with Crippen LogP contribution in [-0.2, 0) is 0 Å². The summed E-state index contributed by atoms with van der Waals surface area (Å²) in [5.41, 5.74) is 0. The molecule has 84 heavy (non-hydrogen) atoms. The molecular formula is C72H60Cl6I6. The van der Waals surface area contributed by atoms with Gasteiger partial charge in [0.15, 0.2) is 42.8 Å². The molecule has 0 saturated heterocycles. The second-order valence-corrected chi connectivity index (χ2v) is 34.3. The standard InChI is InChI=1S/6C12H10I.6ClH/c6*1-3-7-11(8-4-1)13-12-9-5-2-6-10-12;;;;;;/h6*1-10H;6*1H/q6*+1;;;;;;/p-6. The van der Waals surface area contributed by atoms with E-state index in [-0.39, 0.29) is 202 Å². The van der Waals surface area contributed by atoms with Gasteiger partial charge in [-0.05, 0) is 146 Å². The van der Waals surface area contributed by atoms with E-state index in [0.29, 0.717) is 0 Å². The molecule has 0 spiro atoms. The van der Waals surface area contributed by atoms with Crippen molar-refractivity contribution < 1.29 is 202 Å².